The first-order valence-electron chi connectivity index (χ1n) is 6.87. The highest BCUT2D eigenvalue weighted by molar-refractivity contribution is 5.40. The lowest BCUT2D eigenvalue weighted by molar-refractivity contribution is 0.167. The topological polar surface area (TPSA) is 30.5 Å². The van der Waals surface area contributed by atoms with E-state index in [9.17, 15) is 0 Å². The highest BCUT2D eigenvalue weighted by atomic mass is 16.5. The fourth-order valence-electron chi connectivity index (χ4n) is 2.91. The van der Waals surface area contributed by atoms with E-state index in [2.05, 4.69) is 23.5 Å². The van der Waals surface area contributed by atoms with Crippen molar-refractivity contribution in [1.29, 1.82) is 0 Å². The summed E-state index contributed by atoms with van der Waals surface area (Å²) >= 11 is 0. The van der Waals surface area contributed by atoms with E-state index >= 15 is 0 Å². The number of nitrogens with one attached hydrogen (secondary N) is 1. The van der Waals surface area contributed by atoms with Crippen LogP contribution in [0.4, 0.5) is 0 Å². The van der Waals surface area contributed by atoms with Crippen molar-refractivity contribution in [3.05, 3.63) is 29.3 Å². The van der Waals surface area contributed by atoms with E-state index in [1.54, 1.807) is 0 Å². The first kappa shape index (κ1) is 12.0. The van der Waals surface area contributed by atoms with Crippen molar-refractivity contribution in [2.24, 2.45) is 5.92 Å². The van der Waals surface area contributed by atoms with E-state index in [0.717, 1.165) is 38.4 Å². The third-order valence-electron chi connectivity index (χ3n) is 4.05. The molecule has 0 radical (unpaired) electrons. The summed E-state index contributed by atoms with van der Waals surface area (Å²) in [5.41, 5.74) is 2.88. The van der Waals surface area contributed by atoms with Gasteiger partial charge in [-0.3, -0.25) is 0 Å². The van der Waals surface area contributed by atoms with E-state index in [-0.39, 0.29) is 0 Å². The third-order valence-corrected chi connectivity index (χ3v) is 4.05. The monoisotopic (exact) mass is 247 g/mol. The van der Waals surface area contributed by atoms with Crippen LogP contribution >= 0.6 is 0 Å². The molecular formula is C15H21NO2. The molecule has 2 aliphatic rings. The molecule has 1 aromatic carbocycles. The number of benzene rings is 1. The molecule has 2 atom stereocenters. The Morgan fingerprint density at radius 3 is 3.11 bits per heavy atom. The van der Waals surface area contributed by atoms with Crippen LogP contribution in [0.3, 0.4) is 0 Å². The van der Waals surface area contributed by atoms with Gasteiger partial charge in [-0.15, -0.1) is 0 Å². The van der Waals surface area contributed by atoms with Gasteiger partial charge in [0.15, 0.2) is 0 Å². The summed E-state index contributed by atoms with van der Waals surface area (Å²) in [4.78, 5) is 0. The minimum atomic E-state index is 0.525. The molecule has 0 aromatic heterocycles. The molecule has 0 saturated carbocycles. The lowest BCUT2D eigenvalue weighted by Gasteiger charge is -2.13. The molecule has 1 aliphatic heterocycles. The zero-order valence-electron chi connectivity index (χ0n) is 10.9. The van der Waals surface area contributed by atoms with Gasteiger partial charge in [0.25, 0.3) is 0 Å². The van der Waals surface area contributed by atoms with Gasteiger partial charge in [0.05, 0.1) is 13.2 Å². The van der Waals surface area contributed by atoms with Crippen molar-refractivity contribution in [3.8, 4) is 5.75 Å². The smallest absolute Gasteiger partial charge is 0.119 e. The van der Waals surface area contributed by atoms with E-state index in [0.29, 0.717) is 12.0 Å². The van der Waals surface area contributed by atoms with Crippen molar-refractivity contribution in [1.82, 2.24) is 5.32 Å². The number of aryl methyl sites for hydroxylation is 1. The first-order chi connectivity index (χ1) is 8.86. The van der Waals surface area contributed by atoms with Crippen LogP contribution in [0.2, 0.25) is 0 Å². The molecule has 1 fully saturated rings. The largest absolute Gasteiger partial charge is 0.493 e. The molecule has 3 rings (SSSR count). The quantitative estimate of drug-likeness (QED) is 0.885. The average Bonchev–Trinajstić information content (AvgIpc) is 3.05. The van der Waals surface area contributed by atoms with Gasteiger partial charge in [-0.2, -0.15) is 0 Å². The summed E-state index contributed by atoms with van der Waals surface area (Å²) < 4.78 is 11.2. The summed E-state index contributed by atoms with van der Waals surface area (Å²) in [5.74, 6) is 1.58. The van der Waals surface area contributed by atoms with Gasteiger partial charge < -0.3 is 14.8 Å². The maximum atomic E-state index is 5.88. The zero-order valence-corrected chi connectivity index (χ0v) is 10.9. The minimum Gasteiger partial charge on any atom is -0.493 e. The normalized spacial score (nSPS) is 26.3. The van der Waals surface area contributed by atoms with E-state index in [1.165, 1.54) is 17.5 Å². The standard InChI is InChI=1S/C15H21NO2/c1-16-15-5-2-12-8-13(3-4-14(12)15)18-10-11-6-7-17-9-11/h3-4,8,11,15-16H,2,5-7,9-10H2,1H3. The molecule has 1 aliphatic carbocycles. The van der Waals surface area contributed by atoms with Crippen LogP contribution < -0.4 is 10.1 Å². The average molecular weight is 247 g/mol. The molecular weight excluding hydrogens is 226 g/mol. The highest BCUT2D eigenvalue weighted by Crippen LogP contribution is 2.33. The SMILES string of the molecule is CNC1CCc2cc(OCC3CCOC3)ccc21. The molecule has 1 saturated heterocycles. The molecule has 3 heteroatoms. The van der Waals surface area contributed by atoms with E-state index in [1.807, 2.05) is 7.05 Å². The fourth-order valence-corrected chi connectivity index (χ4v) is 2.91. The van der Waals surface area contributed by atoms with Crippen LogP contribution in [0.1, 0.15) is 30.0 Å². The van der Waals surface area contributed by atoms with Crippen molar-refractivity contribution in [2.45, 2.75) is 25.3 Å². The molecule has 3 nitrogen and oxygen atoms in total. The number of hydrogen-bond donors (Lipinski definition) is 1. The number of hydrogen-bond acceptors (Lipinski definition) is 3. The Balaban J connectivity index is 1.63. The Morgan fingerprint density at radius 1 is 1.39 bits per heavy atom. The summed E-state index contributed by atoms with van der Waals surface area (Å²) in [6.45, 7) is 2.53. The third kappa shape index (κ3) is 2.38. The molecule has 2 unspecified atom stereocenters. The number of rotatable bonds is 4. The minimum absolute atomic E-state index is 0.525. The summed E-state index contributed by atoms with van der Waals surface area (Å²) in [6.07, 6.45) is 3.49. The van der Waals surface area contributed by atoms with Crippen molar-refractivity contribution in [3.63, 3.8) is 0 Å². The predicted octanol–water partition coefficient (Wildman–Crippen LogP) is 2.31. The Morgan fingerprint density at radius 2 is 2.33 bits per heavy atom. The maximum absolute atomic E-state index is 5.88. The van der Waals surface area contributed by atoms with Crippen molar-refractivity contribution < 1.29 is 9.47 Å². The van der Waals surface area contributed by atoms with Crippen LogP contribution in [0.5, 0.6) is 5.75 Å². The Hall–Kier alpha value is -1.06. The summed E-state index contributed by atoms with van der Waals surface area (Å²) in [6, 6.07) is 7.05. The van der Waals surface area contributed by atoms with Gasteiger partial charge >= 0.3 is 0 Å². The second-order valence-corrected chi connectivity index (χ2v) is 5.28. The lowest BCUT2D eigenvalue weighted by Crippen LogP contribution is -2.13. The molecule has 1 heterocycles. The van der Waals surface area contributed by atoms with Crippen LogP contribution in [0.25, 0.3) is 0 Å². The lowest BCUT2D eigenvalue weighted by atomic mass is 10.1. The Kier molecular flexibility index (Phi) is 3.52. The second kappa shape index (κ2) is 5.29. The van der Waals surface area contributed by atoms with Crippen LogP contribution in [-0.4, -0.2) is 26.9 Å². The molecule has 0 spiro atoms. The van der Waals surface area contributed by atoms with Gasteiger partial charge in [0.1, 0.15) is 5.75 Å². The number of fused-ring (bicyclic) bond motifs is 1. The van der Waals surface area contributed by atoms with Crippen LogP contribution in [-0.2, 0) is 11.2 Å². The van der Waals surface area contributed by atoms with Crippen LogP contribution in [0.15, 0.2) is 18.2 Å². The van der Waals surface area contributed by atoms with Crippen molar-refractivity contribution in [2.75, 3.05) is 26.9 Å². The van der Waals surface area contributed by atoms with Crippen LogP contribution in [0, 0.1) is 5.92 Å². The molecule has 1 aromatic rings. The summed E-state index contributed by atoms with van der Waals surface area (Å²) in [7, 11) is 2.03. The summed E-state index contributed by atoms with van der Waals surface area (Å²) in [5, 5.41) is 3.36. The molecule has 98 valence electrons. The van der Waals surface area contributed by atoms with Gasteiger partial charge in [0, 0.05) is 18.6 Å². The van der Waals surface area contributed by atoms with Gasteiger partial charge in [-0.25, -0.2) is 0 Å². The van der Waals surface area contributed by atoms with Gasteiger partial charge in [0.2, 0.25) is 0 Å². The maximum Gasteiger partial charge on any atom is 0.119 e. The molecule has 0 bridgehead atoms. The Bertz CT molecular complexity index is 413. The van der Waals surface area contributed by atoms with Gasteiger partial charge in [-0.05, 0) is 49.6 Å². The van der Waals surface area contributed by atoms with Crippen molar-refractivity contribution >= 4 is 0 Å². The molecule has 1 N–H and O–H groups in total. The molecule has 0 amide bonds. The van der Waals surface area contributed by atoms with E-state index in [4.69, 9.17) is 9.47 Å². The van der Waals surface area contributed by atoms with E-state index < -0.39 is 0 Å². The predicted molar refractivity (Wildman–Crippen MR) is 71.0 cm³/mol. The number of ether oxygens (including phenoxy) is 2. The fraction of sp³-hybridized carbons (Fsp3) is 0.600. The Labute approximate surface area is 108 Å². The highest BCUT2D eigenvalue weighted by Gasteiger charge is 2.21. The first-order valence-corrected chi connectivity index (χ1v) is 6.87. The second-order valence-electron chi connectivity index (χ2n) is 5.28. The van der Waals surface area contributed by atoms with Gasteiger partial charge in [-0.1, -0.05) is 6.07 Å². The molecule has 18 heavy (non-hydrogen) atoms. The zero-order chi connectivity index (χ0) is 12.4.